The number of amides is 1. The van der Waals surface area contributed by atoms with Crippen molar-refractivity contribution in [2.24, 2.45) is 5.92 Å². The van der Waals surface area contributed by atoms with E-state index in [0.29, 0.717) is 13.1 Å². The van der Waals surface area contributed by atoms with Gasteiger partial charge in [0.1, 0.15) is 5.76 Å². The first-order valence-electron chi connectivity index (χ1n) is 5.63. The topological polar surface area (TPSA) is 67.2 Å². The summed E-state index contributed by atoms with van der Waals surface area (Å²) in [6.45, 7) is 3.56. The van der Waals surface area contributed by atoms with Crippen LogP contribution in [0.5, 0.6) is 0 Å². The maximum absolute atomic E-state index is 11.4. The predicted molar refractivity (Wildman–Crippen MR) is 58.7 cm³/mol. The number of aryl methyl sites for hydroxylation is 1. The zero-order valence-electron chi connectivity index (χ0n) is 9.45. The van der Waals surface area contributed by atoms with Crippen LogP contribution in [-0.2, 0) is 11.3 Å². The van der Waals surface area contributed by atoms with Crippen LogP contribution < -0.4 is 10.6 Å². The molecule has 1 aromatic heterocycles. The summed E-state index contributed by atoms with van der Waals surface area (Å²) in [4.78, 5) is 11.4. The normalized spacial score (nSPS) is 15.1. The molecule has 0 saturated heterocycles. The van der Waals surface area contributed by atoms with Crippen molar-refractivity contribution in [3.05, 3.63) is 17.5 Å². The minimum absolute atomic E-state index is 0.0483. The van der Waals surface area contributed by atoms with Gasteiger partial charge in [0.2, 0.25) is 5.91 Å². The molecule has 1 aromatic rings. The molecule has 0 unspecified atom stereocenters. The Labute approximate surface area is 94.6 Å². The molecular weight excluding hydrogens is 206 g/mol. The Kier molecular flexibility index (Phi) is 3.56. The van der Waals surface area contributed by atoms with E-state index in [4.69, 9.17) is 4.52 Å². The van der Waals surface area contributed by atoms with Gasteiger partial charge in [0.05, 0.1) is 12.2 Å². The molecule has 1 aliphatic rings. The average Bonchev–Trinajstić information content (AvgIpc) is 2.99. The molecule has 1 amide bonds. The van der Waals surface area contributed by atoms with Gasteiger partial charge in [-0.15, -0.1) is 0 Å². The third-order valence-electron chi connectivity index (χ3n) is 2.55. The molecule has 0 spiro atoms. The summed E-state index contributed by atoms with van der Waals surface area (Å²) in [5.74, 6) is 1.56. The van der Waals surface area contributed by atoms with Crippen LogP contribution in [0.1, 0.15) is 24.3 Å². The van der Waals surface area contributed by atoms with Gasteiger partial charge in [-0.3, -0.25) is 4.79 Å². The van der Waals surface area contributed by atoms with E-state index in [9.17, 15) is 4.79 Å². The Morgan fingerprint density at radius 1 is 1.62 bits per heavy atom. The molecular formula is C11H17N3O2. The molecule has 88 valence electrons. The third kappa shape index (κ3) is 3.66. The average molecular weight is 223 g/mol. The fraction of sp³-hybridized carbons (Fsp3) is 0.636. The van der Waals surface area contributed by atoms with Crippen molar-refractivity contribution in [3.8, 4) is 0 Å². The van der Waals surface area contributed by atoms with Gasteiger partial charge in [0.25, 0.3) is 0 Å². The Balaban J connectivity index is 1.57. The second kappa shape index (κ2) is 5.12. The Morgan fingerprint density at radius 3 is 3.06 bits per heavy atom. The van der Waals surface area contributed by atoms with E-state index in [2.05, 4.69) is 15.8 Å². The molecule has 16 heavy (non-hydrogen) atoms. The van der Waals surface area contributed by atoms with Gasteiger partial charge in [-0.2, -0.15) is 0 Å². The van der Waals surface area contributed by atoms with E-state index >= 15 is 0 Å². The minimum Gasteiger partial charge on any atom is -0.361 e. The number of aromatic nitrogens is 1. The summed E-state index contributed by atoms with van der Waals surface area (Å²) < 4.78 is 4.92. The van der Waals surface area contributed by atoms with Gasteiger partial charge in [-0.05, 0) is 25.7 Å². The maximum Gasteiger partial charge on any atom is 0.233 e. The van der Waals surface area contributed by atoms with Gasteiger partial charge in [-0.1, -0.05) is 5.16 Å². The molecule has 5 nitrogen and oxygen atoms in total. The number of nitrogens with one attached hydrogen (secondary N) is 2. The van der Waals surface area contributed by atoms with Gasteiger partial charge < -0.3 is 15.2 Å². The minimum atomic E-state index is 0.0483. The lowest BCUT2D eigenvalue weighted by atomic mass is 10.3. The molecule has 2 rings (SSSR count). The largest absolute Gasteiger partial charge is 0.361 e. The summed E-state index contributed by atoms with van der Waals surface area (Å²) >= 11 is 0. The molecule has 0 aromatic carbocycles. The summed E-state index contributed by atoms with van der Waals surface area (Å²) in [7, 11) is 0. The quantitative estimate of drug-likeness (QED) is 0.741. The number of nitrogens with zero attached hydrogens (tertiary/aromatic N) is 1. The smallest absolute Gasteiger partial charge is 0.233 e. The van der Waals surface area contributed by atoms with Crippen molar-refractivity contribution in [2.75, 3.05) is 13.1 Å². The van der Waals surface area contributed by atoms with Crippen LogP contribution in [0.15, 0.2) is 10.6 Å². The van der Waals surface area contributed by atoms with Crippen molar-refractivity contribution in [3.63, 3.8) is 0 Å². The molecule has 0 atom stereocenters. The van der Waals surface area contributed by atoms with Crippen molar-refractivity contribution in [1.29, 1.82) is 0 Å². The first kappa shape index (κ1) is 11.1. The zero-order chi connectivity index (χ0) is 11.4. The van der Waals surface area contributed by atoms with Crippen molar-refractivity contribution in [1.82, 2.24) is 15.8 Å². The summed E-state index contributed by atoms with van der Waals surface area (Å²) in [5.41, 5.74) is 0.826. The fourth-order valence-corrected chi connectivity index (χ4v) is 1.45. The van der Waals surface area contributed by atoms with E-state index in [1.165, 1.54) is 12.8 Å². The Morgan fingerprint density at radius 2 is 2.44 bits per heavy atom. The standard InChI is InChI=1S/C11H17N3O2/c1-8-4-10(14-16-8)6-12-7-11(15)13-5-9-2-3-9/h4,9,12H,2-3,5-7H2,1H3,(H,13,15). The van der Waals surface area contributed by atoms with Crippen molar-refractivity contribution >= 4 is 5.91 Å². The lowest BCUT2D eigenvalue weighted by Crippen LogP contribution is -2.34. The number of hydrogen-bond acceptors (Lipinski definition) is 4. The highest BCUT2D eigenvalue weighted by atomic mass is 16.5. The van der Waals surface area contributed by atoms with E-state index in [1.54, 1.807) is 0 Å². The summed E-state index contributed by atoms with van der Waals surface area (Å²) in [5, 5.41) is 9.74. The first-order valence-corrected chi connectivity index (χ1v) is 5.63. The molecule has 1 heterocycles. The molecule has 0 radical (unpaired) electrons. The summed E-state index contributed by atoms with van der Waals surface area (Å²) in [6, 6.07) is 1.86. The van der Waals surface area contributed by atoms with Crippen molar-refractivity contribution in [2.45, 2.75) is 26.3 Å². The Bertz CT molecular complexity index is 358. The van der Waals surface area contributed by atoms with E-state index in [1.807, 2.05) is 13.0 Å². The lowest BCUT2D eigenvalue weighted by Gasteiger charge is -2.04. The number of rotatable bonds is 6. The fourth-order valence-electron chi connectivity index (χ4n) is 1.45. The van der Waals surface area contributed by atoms with E-state index in [0.717, 1.165) is 23.9 Å². The number of hydrogen-bond donors (Lipinski definition) is 2. The van der Waals surface area contributed by atoms with Crippen LogP contribution in [0.3, 0.4) is 0 Å². The first-order chi connectivity index (χ1) is 7.74. The van der Waals surface area contributed by atoms with Gasteiger partial charge in [-0.25, -0.2) is 0 Å². The zero-order valence-corrected chi connectivity index (χ0v) is 9.45. The van der Waals surface area contributed by atoms with Gasteiger partial charge in [0, 0.05) is 19.2 Å². The highest BCUT2D eigenvalue weighted by Gasteiger charge is 2.21. The SMILES string of the molecule is Cc1cc(CNCC(=O)NCC2CC2)no1. The highest BCUT2D eigenvalue weighted by molar-refractivity contribution is 5.77. The Hall–Kier alpha value is -1.36. The van der Waals surface area contributed by atoms with E-state index < -0.39 is 0 Å². The van der Waals surface area contributed by atoms with E-state index in [-0.39, 0.29) is 5.91 Å². The molecule has 1 fully saturated rings. The number of carbonyl (C=O) groups is 1. The second-order valence-electron chi connectivity index (χ2n) is 4.28. The predicted octanol–water partition coefficient (Wildman–Crippen LogP) is 0.599. The maximum atomic E-state index is 11.4. The molecule has 0 aliphatic heterocycles. The second-order valence-corrected chi connectivity index (χ2v) is 4.28. The van der Waals surface area contributed by atoms with Crippen LogP contribution in [0.2, 0.25) is 0 Å². The van der Waals surface area contributed by atoms with Gasteiger partial charge >= 0.3 is 0 Å². The van der Waals surface area contributed by atoms with Crippen LogP contribution in [-0.4, -0.2) is 24.2 Å². The summed E-state index contributed by atoms with van der Waals surface area (Å²) in [6.07, 6.45) is 2.51. The van der Waals surface area contributed by atoms with Crippen LogP contribution in [0.25, 0.3) is 0 Å². The van der Waals surface area contributed by atoms with Gasteiger partial charge in [0.15, 0.2) is 0 Å². The van der Waals surface area contributed by atoms with Crippen LogP contribution in [0.4, 0.5) is 0 Å². The monoisotopic (exact) mass is 223 g/mol. The molecule has 5 heteroatoms. The highest BCUT2D eigenvalue weighted by Crippen LogP contribution is 2.27. The molecule has 1 aliphatic carbocycles. The van der Waals surface area contributed by atoms with Crippen LogP contribution >= 0.6 is 0 Å². The third-order valence-corrected chi connectivity index (χ3v) is 2.55. The molecule has 1 saturated carbocycles. The molecule has 0 bridgehead atoms. The van der Waals surface area contributed by atoms with Crippen LogP contribution in [0, 0.1) is 12.8 Å². The van der Waals surface area contributed by atoms with Crippen molar-refractivity contribution < 1.29 is 9.32 Å². The lowest BCUT2D eigenvalue weighted by molar-refractivity contribution is -0.120. The molecule has 2 N–H and O–H groups in total. The number of carbonyl (C=O) groups excluding carboxylic acids is 1.